The van der Waals surface area contributed by atoms with Crippen molar-refractivity contribution in [2.24, 2.45) is 0 Å². The second kappa shape index (κ2) is 5.65. The fourth-order valence-electron chi connectivity index (χ4n) is 2.88. The molecular weight excluding hydrogens is 310 g/mol. The van der Waals surface area contributed by atoms with Crippen molar-refractivity contribution in [3.05, 3.63) is 59.7 Å². The number of nitrogens with one attached hydrogen (secondary N) is 1. The number of sulfonamides is 1. The van der Waals surface area contributed by atoms with Crippen LogP contribution in [0.5, 0.6) is 5.75 Å². The summed E-state index contributed by atoms with van der Waals surface area (Å²) in [5.74, 6) is 0.736. The van der Waals surface area contributed by atoms with Crippen LogP contribution in [-0.2, 0) is 10.0 Å². The molecule has 5 heteroatoms. The summed E-state index contributed by atoms with van der Waals surface area (Å²) in [7, 11) is -3.58. The predicted molar refractivity (Wildman–Crippen MR) is 90.0 cm³/mol. The quantitative estimate of drug-likeness (QED) is 0.935. The zero-order valence-electron chi connectivity index (χ0n) is 13.5. The van der Waals surface area contributed by atoms with Gasteiger partial charge in [-0.05, 0) is 39.0 Å². The fourth-order valence-corrected chi connectivity index (χ4v) is 4.10. The second-order valence-electron chi connectivity index (χ2n) is 6.59. The van der Waals surface area contributed by atoms with E-state index in [1.807, 2.05) is 45.0 Å². The molecule has 1 aliphatic rings. The van der Waals surface area contributed by atoms with E-state index in [1.165, 1.54) is 0 Å². The van der Waals surface area contributed by atoms with E-state index in [9.17, 15) is 8.42 Å². The molecule has 4 nitrogen and oxygen atoms in total. The molecule has 0 aromatic heterocycles. The number of benzene rings is 2. The Hall–Kier alpha value is -1.85. The number of rotatable bonds is 3. The fraction of sp³-hybridized carbons (Fsp3) is 0.333. The molecule has 122 valence electrons. The van der Waals surface area contributed by atoms with Crippen molar-refractivity contribution < 1.29 is 13.2 Å². The van der Waals surface area contributed by atoms with Gasteiger partial charge in [-0.25, -0.2) is 13.1 Å². The summed E-state index contributed by atoms with van der Waals surface area (Å²) in [6.45, 7) is 5.87. The molecule has 0 aliphatic carbocycles. The third-order valence-corrected chi connectivity index (χ3v) is 5.49. The molecule has 0 fully saturated rings. The highest BCUT2D eigenvalue weighted by Gasteiger charge is 2.35. The van der Waals surface area contributed by atoms with Crippen LogP contribution in [0, 0.1) is 6.92 Å². The van der Waals surface area contributed by atoms with Crippen LogP contribution in [0.3, 0.4) is 0 Å². The maximum Gasteiger partial charge on any atom is 0.241 e. The Balaban J connectivity index is 1.94. The number of para-hydroxylation sites is 1. The summed E-state index contributed by atoms with van der Waals surface area (Å²) in [4.78, 5) is 0.282. The van der Waals surface area contributed by atoms with Gasteiger partial charge in [-0.15, -0.1) is 0 Å². The molecule has 0 saturated heterocycles. The first-order valence-corrected chi connectivity index (χ1v) is 9.12. The molecule has 0 amide bonds. The Labute approximate surface area is 137 Å². The maximum absolute atomic E-state index is 12.7. The molecule has 0 saturated carbocycles. The normalized spacial score (nSPS) is 19.7. The van der Waals surface area contributed by atoms with Crippen LogP contribution in [0.4, 0.5) is 0 Å². The van der Waals surface area contributed by atoms with Crippen LogP contribution in [0.1, 0.15) is 37.4 Å². The molecule has 2 aromatic carbocycles. The van der Waals surface area contributed by atoms with Crippen molar-refractivity contribution in [1.82, 2.24) is 4.72 Å². The van der Waals surface area contributed by atoms with Gasteiger partial charge in [-0.1, -0.05) is 35.9 Å². The van der Waals surface area contributed by atoms with Crippen LogP contribution in [0.15, 0.2) is 53.4 Å². The molecule has 1 atom stereocenters. The SMILES string of the molecule is Cc1ccc(S(=O)(=O)N[C@H]2CC(C)(C)Oc3ccccc32)cc1. The molecule has 1 heterocycles. The number of fused-ring (bicyclic) bond motifs is 1. The largest absolute Gasteiger partial charge is 0.487 e. The van der Waals surface area contributed by atoms with Gasteiger partial charge in [0.05, 0.1) is 10.9 Å². The minimum absolute atomic E-state index is 0.282. The first-order valence-electron chi connectivity index (χ1n) is 7.64. The third-order valence-electron chi connectivity index (χ3n) is 4.01. The smallest absolute Gasteiger partial charge is 0.241 e. The van der Waals surface area contributed by atoms with E-state index in [-0.39, 0.29) is 10.9 Å². The van der Waals surface area contributed by atoms with Gasteiger partial charge in [0, 0.05) is 12.0 Å². The highest BCUT2D eigenvalue weighted by Crippen LogP contribution is 2.39. The lowest BCUT2D eigenvalue weighted by atomic mass is 9.90. The van der Waals surface area contributed by atoms with E-state index >= 15 is 0 Å². The molecule has 0 bridgehead atoms. The topological polar surface area (TPSA) is 55.4 Å². The lowest BCUT2D eigenvalue weighted by Crippen LogP contribution is -2.41. The lowest BCUT2D eigenvalue weighted by Gasteiger charge is -2.37. The molecule has 1 N–H and O–H groups in total. The van der Waals surface area contributed by atoms with E-state index in [0.717, 1.165) is 16.9 Å². The minimum Gasteiger partial charge on any atom is -0.487 e. The standard InChI is InChI=1S/C18H21NO3S/c1-13-8-10-14(11-9-13)23(20,21)19-16-12-18(2,3)22-17-7-5-4-6-15(16)17/h4-11,16,19H,12H2,1-3H3/t16-/m0/s1. The molecule has 2 aromatic rings. The third kappa shape index (κ3) is 3.41. The molecule has 0 spiro atoms. The van der Waals surface area contributed by atoms with Crippen molar-refractivity contribution in [3.8, 4) is 5.75 Å². The van der Waals surface area contributed by atoms with Gasteiger partial charge >= 0.3 is 0 Å². The molecule has 1 aliphatic heterocycles. The summed E-state index contributed by atoms with van der Waals surface area (Å²) in [5, 5.41) is 0. The summed E-state index contributed by atoms with van der Waals surface area (Å²) in [6, 6.07) is 14.1. The summed E-state index contributed by atoms with van der Waals surface area (Å²) in [5.41, 5.74) is 1.48. The van der Waals surface area contributed by atoms with Crippen molar-refractivity contribution >= 4 is 10.0 Å². The molecule has 23 heavy (non-hydrogen) atoms. The molecule has 0 unspecified atom stereocenters. The van der Waals surface area contributed by atoms with E-state index in [2.05, 4.69) is 4.72 Å². The van der Waals surface area contributed by atoms with Gasteiger partial charge in [0.15, 0.2) is 0 Å². The van der Waals surface area contributed by atoms with Crippen LogP contribution < -0.4 is 9.46 Å². The Morgan fingerprint density at radius 1 is 1.09 bits per heavy atom. The van der Waals surface area contributed by atoms with Crippen molar-refractivity contribution in [3.63, 3.8) is 0 Å². The maximum atomic E-state index is 12.7. The van der Waals surface area contributed by atoms with Crippen molar-refractivity contribution in [2.75, 3.05) is 0 Å². The van der Waals surface area contributed by atoms with Gasteiger partial charge in [-0.3, -0.25) is 0 Å². The zero-order valence-corrected chi connectivity index (χ0v) is 14.4. The Morgan fingerprint density at radius 2 is 1.74 bits per heavy atom. The summed E-state index contributed by atoms with van der Waals surface area (Å²) in [6.07, 6.45) is 0.578. The highest BCUT2D eigenvalue weighted by molar-refractivity contribution is 7.89. The average Bonchev–Trinajstić information content (AvgIpc) is 2.46. The van der Waals surface area contributed by atoms with Gasteiger partial charge in [-0.2, -0.15) is 0 Å². The first-order chi connectivity index (χ1) is 10.8. The molecule has 3 rings (SSSR count). The Kier molecular flexibility index (Phi) is 3.94. The van der Waals surface area contributed by atoms with Gasteiger partial charge in [0.1, 0.15) is 11.4 Å². The number of hydrogen-bond donors (Lipinski definition) is 1. The highest BCUT2D eigenvalue weighted by atomic mass is 32.2. The van der Waals surface area contributed by atoms with Crippen molar-refractivity contribution in [1.29, 1.82) is 0 Å². The van der Waals surface area contributed by atoms with Crippen LogP contribution in [0.25, 0.3) is 0 Å². The van der Waals surface area contributed by atoms with Crippen LogP contribution in [-0.4, -0.2) is 14.0 Å². The van der Waals surface area contributed by atoms with Gasteiger partial charge in [0.25, 0.3) is 0 Å². The number of aryl methyl sites for hydroxylation is 1. The average molecular weight is 331 g/mol. The minimum atomic E-state index is -3.58. The van der Waals surface area contributed by atoms with Gasteiger partial charge < -0.3 is 4.74 Å². The molecular formula is C18H21NO3S. The van der Waals surface area contributed by atoms with E-state index < -0.39 is 15.6 Å². The first kappa shape index (κ1) is 16.0. The van der Waals surface area contributed by atoms with Gasteiger partial charge in [0.2, 0.25) is 10.0 Å². The van der Waals surface area contributed by atoms with E-state index in [1.54, 1.807) is 24.3 Å². The molecule has 0 radical (unpaired) electrons. The summed E-state index contributed by atoms with van der Waals surface area (Å²) >= 11 is 0. The predicted octanol–water partition coefficient (Wildman–Crippen LogP) is 3.58. The van der Waals surface area contributed by atoms with Crippen molar-refractivity contribution in [2.45, 2.75) is 43.7 Å². The zero-order chi connectivity index (χ0) is 16.7. The van der Waals surface area contributed by atoms with E-state index in [4.69, 9.17) is 4.74 Å². The van der Waals surface area contributed by atoms with Crippen LogP contribution >= 0.6 is 0 Å². The number of ether oxygens (including phenoxy) is 1. The monoisotopic (exact) mass is 331 g/mol. The lowest BCUT2D eigenvalue weighted by molar-refractivity contribution is 0.0702. The van der Waals surface area contributed by atoms with Crippen LogP contribution in [0.2, 0.25) is 0 Å². The second-order valence-corrected chi connectivity index (χ2v) is 8.30. The number of hydrogen-bond acceptors (Lipinski definition) is 3. The Morgan fingerprint density at radius 3 is 2.43 bits per heavy atom. The summed E-state index contributed by atoms with van der Waals surface area (Å²) < 4.78 is 34.1. The van der Waals surface area contributed by atoms with E-state index in [0.29, 0.717) is 6.42 Å². The Bertz CT molecular complexity index is 810.